The number of H-pyrrole nitrogens is 1. The van der Waals surface area contributed by atoms with Crippen LogP contribution >= 0.6 is 0 Å². The van der Waals surface area contributed by atoms with Crippen molar-refractivity contribution in [1.29, 1.82) is 0 Å². The van der Waals surface area contributed by atoms with E-state index in [1.54, 1.807) is 31.2 Å². The predicted octanol–water partition coefficient (Wildman–Crippen LogP) is 0.243. The highest BCUT2D eigenvalue weighted by atomic mass is 16.5. The number of aromatic nitrogens is 2. The third-order valence-corrected chi connectivity index (χ3v) is 3.34. The summed E-state index contributed by atoms with van der Waals surface area (Å²) in [6.07, 6.45) is -1.38. The molecule has 1 aromatic heterocycles. The molecule has 9 nitrogen and oxygen atoms in total. The van der Waals surface area contributed by atoms with Crippen molar-refractivity contribution in [2.24, 2.45) is 0 Å². The van der Waals surface area contributed by atoms with Gasteiger partial charge in [0.25, 0.3) is 11.5 Å². The summed E-state index contributed by atoms with van der Waals surface area (Å²) in [4.78, 5) is 46.8. The summed E-state index contributed by atoms with van der Waals surface area (Å²) in [7, 11) is 0. The van der Waals surface area contributed by atoms with E-state index in [1.165, 1.54) is 6.92 Å². The van der Waals surface area contributed by atoms with Gasteiger partial charge in [0.2, 0.25) is 0 Å². The van der Waals surface area contributed by atoms with E-state index in [4.69, 9.17) is 4.74 Å². The Labute approximate surface area is 142 Å². The van der Waals surface area contributed by atoms with E-state index < -0.39 is 24.0 Å². The number of amides is 3. The van der Waals surface area contributed by atoms with Crippen LogP contribution in [0.2, 0.25) is 0 Å². The largest absolute Gasteiger partial charge is 0.452 e. The number of urea groups is 1. The maximum absolute atomic E-state index is 12.0. The highest BCUT2D eigenvalue weighted by Crippen LogP contribution is 2.13. The van der Waals surface area contributed by atoms with Crippen molar-refractivity contribution in [2.75, 3.05) is 6.54 Å². The minimum absolute atomic E-state index is 0.226. The second kappa shape index (κ2) is 8.04. The molecule has 2 rings (SSSR count). The summed E-state index contributed by atoms with van der Waals surface area (Å²) >= 11 is 0. The molecule has 2 aromatic rings. The van der Waals surface area contributed by atoms with Crippen LogP contribution in [0.15, 0.2) is 29.1 Å². The van der Waals surface area contributed by atoms with Gasteiger partial charge in [-0.05, 0) is 19.9 Å². The van der Waals surface area contributed by atoms with E-state index in [0.29, 0.717) is 23.0 Å². The Hall–Kier alpha value is -3.23. The van der Waals surface area contributed by atoms with Crippen LogP contribution < -0.4 is 16.2 Å². The molecule has 1 unspecified atom stereocenters. The Bertz CT molecular complexity index is 861. The van der Waals surface area contributed by atoms with Gasteiger partial charge in [-0.1, -0.05) is 18.2 Å². The molecule has 0 radical (unpaired) electrons. The minimum Gasteiger partial charge on any atom is -0.452 e. The average Bonchev–Trinajstić information content (AvgIpc) is 2.57. The fourth-order valence-electron chi connectivity index (χ4n) is 2.15. The number of rotatable bonds is 5. The second-order valence-corrected chi connectivity index (χ2v) is 5.20. The van der Waals surface area contributed by atoms with Gasteiger partial charge in [0.15, 0.2) is 6.10 Å². The van der Waals surface area contributed by atoms with Crippen LogP contribution in [0.4, 0.5) is 4.79 Å². The average molecular weight is 346 g/mol. The Morgan fingerprint density at radius 1 is 1.24 bits per heavy atom. The van der Waals surface area contributed by atoms with Crippen molar-refractivity contribution >= 4 is 28.7 Å². The summed E-state index contributed by atoms with van der Waals surface area (Å²) in [5.41, 5.74) is -0.0288. The van der Waals surface area contributed by atoms with E-state index in [0.717, 1.165) is 0 Å². The molecule has 9 heteroatoms. The second-order valence-electron chi connectivity index (χ2n) is 5.20. The molecule has 132 valence electrons. The Morgan fingerprint density at radius 2 is 1.92 bits per heavy atom. The van der Waals surface area contributed by atoms with Gasteiger partial charge in [-0.2, -0.15) is 5.10 Å². The van der Waals surface area contributed by atoms with Gasteiger partial charge in [0.05, 0.1) is 17.5 Å². The summed E-state index contributed by atoms with van der Waals surface area (Å²) < 4.78 is 5.01. The first-order chi connectivity index (χ1) is 11.9. The van der Waals surface area contributed by atoms with E-state index in [2.05, 4.69) is 20.8 Å². The van der Waals surface area contributed by atoms with Crippen LogP contribution in [-0.4, -0.2) is 40.8 Å². The predicted molar refractivity (Wildman–Crippen MR) is 88.8 cm³/mol. The molecule has 0 bridgehead atoms. The molecule has 1 heterocycles. The lowest BCUT2D eigenvalue weighted by molar-refractivity contribution is -0.153. The van der Waals surface area contributed by atoms with E-state index in [1.807, 2.05) is 0 Å². The lowest BCUT2D eigenvalue weighted by Gasteiger charge is -2.13. The fraction of sp³-hybridized carbons (Fsp3) is 0.312. The molecular formula is C16H18N4O5. The monoisotopic (exact) mass is 346 g/mol. The van der Waals surface area contributed by atoms with Crippen LogP contribution in [0.1, 0.15) is 19.5 Å². The van der Waals surface area contributed by atoms with Crippen molar-refractivity contribution in [3.8, 4) is 0 Å². The van der Waals surface area contributed by atoms with E-state index in [9.17, 15) is 19.2 Å². The number of hydrogen-bond donors (Lipinski definition) is 3. The van der Waals surface area contributed by atoms with Crippen LogP contribution in [-0.2, 0) is 20.7 Å². The van der Waals surface area contributed by atoms with Crippen LogP contribution in [0.25, 0.3) is 10.8 Å². The summed E-state index contributed by atoms with van der Waals surface area (Å²) in [6, 6.07) is 6.05. The van der Waals surface area contributed by atoms with Gasteiger partial charge in [-0.25, -0.2) is 9.89 Å². The van der Waals surface area contributed by atoms with Crippen molar-refractivity contribution in [3.63, 3.8) is 0 Å². The number of carbonyl (C=O) groups excluding carboxylic acids is 3. The standard InChI is InChI=1S/C16H18N4O5/c1-3-17-16(24)18-14(22)9(2)25-13(21)8-12-10-6-4-5-7-11(10)15(23)20-19-12/h4-7,9H,3,8H2,1-2H3,(H,20,23)(H2,17,18,22,24). The number of fused-ring (bicyclic) bond motifs is 1. The zero-order chi connectivity index (χ0) is 18.4. The number of imide groups is 1. The molecule has 25 heavy (non-hydrogen) atoms. The highest BCUT2D eigenvalue weighted by Gasteiger charge is 2.21. The number of aromatic amines is 1. The van der Waals surface area contributed by atoms with Crippen molar-refractivity contribution < 1.29 is 19.1 Å². The number of esters is 1. The lowest BCUT2D eigenvalue weighted by atomic mass is 10.1. The zero-order valence-corrected chi connectivity index (χ0v) is 13.8. The van der Waals surface area contributed by atoms with Crippen LogP contribution in [0.5, 0.6) is 0 Å². The first-order valence-corrected chi connectivity index (χ1v) is 7.66. The van der Waals surface area contributed by atoms with E-state index in [-0.39, 0.29) is 12.0 Å². The molecule has 1 atom stereocenters. The van der Waals surface area contributed by atoms with Crippen molar-refractivity contribution in [2.45, 2.75) is 26.4 Å². The summed E-state index contributed by atoms with van der Waals surface area (Å²) in [6.45, 7) is 3.41. The van der Waals surface area contributed by atoms with Gasteiger partial charge >= 0.3 is 12.0 Å². The summed E-state index contributed by atoms with van der Waals surface area (Å²) in [5, 5.41) is 11.6. The Kier molecular flexibility index (Phi) is 5.83. The molecule has 0 aliphatic carbocycles. The molecule has 0 fully saturated rings. The smallest absolute Gasteiger partial charge is 0.321 e. The van der Waals surface area contributed by atoms with Crippen molar-refractivity contribution in [3.05, 3.63) is 40.3 Å². The maximum Gasteiger partial charge on any atom is 0.321 e. The van der Waals surface area contributed by atoms with Gasteiger partial charge in [0.1, 0.15) is 0 Å². The summed E-state index contributed by atoms with van der Waals surface area (Å²) in [5.74, 6) is -1.44. The highest BCUT2D eigenvalue weighted by molar-refractivity contribution is 5.97. The first-order valence-electron chi connectivity index (χ1n) is 7.66. The fourth-order valence-corrected chi connectivity index (χ4v) is 2.15. The molecule has 1 aromatic carbocycles. The number of hydrogen-bond acceptors (Lipinski definition) is 6. The number of nitrogens with one attached hydrogen (secondary N) is 3. The van der Waals surface area contributed by atoms with Gasteiger partial charge in [-0.15, -0.1) is 0 Å². The molecule has 3 N–H and O–H groups in total. The van der Waals surface area contributed by atoms with Crippen molar-refractivity contribution in [1.82, 2.24) is 20.8 Å². The molecule has 0 spiro atoms. The quantitative estimate of drug-likeness (QED) is 0.665. The molecule has 0 aliphatic heterocycles. The number of benzene rings is 1. The van der Waals surface area contributed by atoms with Gasteiger partial charge < -0.3 is 10.1 Å². The maximum atomic E-state index is 12.0. The van der Waals surface area contributed by atoms with Crippen LogP contribution in [0, 0.1) is 0 Å². The van der Waals surface area contributed by atoms with Gasteiger partial charge in [0, 0.05) is 11.9 Å². The van der Waals surface area contributed by atoms with Crippen LogP contribution in [0.3, 0.4) is 0 Å². The molecule has 0 aliphatic rings. The molecule has 0 saturated carbocycles. The first kappa shape index (κ1) is 18.1. The third kappa shape index (κ3) is 4.63. The lowest BCUT2D eigenvalue weighted by Crippen LogP contribution is -2.44. The number of nitrogens with zero attached hydrogens (tertiary/aromatic N) is 1. The topological polar surface area (TPSA) is 130 Å². The SMILES string of the molecule is CCNC(=O)NC(=O)C(C)OC(=O)Cc1n[nH]c(=O)c2ccccc12. The Morgan fingerprint density at radius 3 is 2.60 bits per heavy atom. The minimum atomic E-state index is -1.15. The zero-order valence-electron chi connectivity index (χ0n) is 13.8. The Balaban J connectivity index is 2.03. The number of carbonyl (C=O) groups is 3. The molecule has 0 saturated heterocycles. The van der Waals surface area contributed by atoms with E-state index >= 15 is 0 Å². The molecule has 3 amide bonds. The van der Waals surface area contributed by atoms with Gasteiger partial charge in [-0.3, -0.25) is 19.7 Å². The normalized spacial score (nSPS) is 11.6. The third-order valence-electron chi connectivity index (χ3n) is 3.34. The number of ether oxygens (including phenoxy) is 1. The molecular weight excluding hydrogens is 328 g/mol.